The van der Waals surface area contributed by atoms with E-state index in [1.807, 2.05) is 24.3 Å². The van der Waals surface area contributed by atoms with Crippen molar-refractivity contribution in [1.29, 1.82) is 0 Å². The maximum Gasteiger partial charge on any atom is 0.139 e. The van der Waals surface area contributed by atoms with Gasteiger partial charge in [0.2, 0.25) is 0 Å². The first kappa shape index (κ1) is 30.4. The summed E-state index contributed by atoms with van der Waals surface area (Å²) < 4.78 is 63.4. The predicted molar refractivity (Wildman–Crippen MR) is 182 cm³/mol. The van der Waals surface area contributed by atoms with Gasteiger partial charge in [-0.25, -0.2) is 17.6 Å². The van der Waals surface area contributed by atoms with E-state index in [4.69, 9.17) is 4.74 Å². The summed E-state index contributed by atoms with van der Waals surface area (Å²) in [5.74, 6) is 0.0795. The molecule has 7 heteroatoms. The number of para-hydroxylation sites is 2. The Kier molecular flexibility index (Phi) is 8.01. The second-order valence-electron chi connectivity index (χ2n) is 11.6. The highest BCUT2D eigenvalue weighted by molar-refractivity contribution is 7.80. The number of hydrogen-bond acceptors (Lipinski definition) is 1. The zero-order chi connectivity index (χ0) is 32.0. The zero-order valence-corrected chi connectivity index (χ0v) is 26.8. The van der Waals surface area contributed by atoms with Crippen molar-refractivity contribution in [3.05, 3.63) is 168 Å². The molecule has 0 fully saturated rings. The van der Waals surface area contributed by atoms with Gasteiger partial charge in [-0.2, -0.15) is 0 Å². The Morgan fingerprint density at radius 3 is 0.978 bits per heavy atom. The normalized spacial score (nSPS) is 13.3. The largest absolute Gasteiger partial charge is 0.455 e. The van der Waals surface area contributed by atoms with Crippen LogP contribution < -0.4 is 36.6 Å². The maximum atomic E-state index is 14.1. The lowest BCUT2D eigenvalue weighted by Crippen LogP contribution is -2.33. The molecular formula is C39H28F4OP2. The van der Waals surface area contributed by atoms with Gasteiger partial charge < -0.3 is 4.74 Å². The van der Waals surface area contributed by atoms with E-state index in [2.05, 4.69) is 26.0 Å². The van der Waals surface area contributed by atoms with E-state index in [1.54, 1.807) is 48.5 Å². The number of rotatable bonds is 6. The van der Waals surface area contributed by atoms with Crippen LogP contribution in [-0.4, -0.2) is 0 Å². The molecule has 0 spiro atoms. The summed E-state index contributed by atoms with van der Waals surface area (Å²) in [7, 11) is -2.54. The van der Waals surface area contributed by atoms with Crippen LogP contribution in [0.5, 0.6) is 11.5 Å². The van der Waals surface area contributed by atoms with Crippen LogP contribution in [0.4, 0.5) is 17.6 Å². The van der Waals surface area contributed by atoms with Crippen molar-refractivity contribution < 1.29 is 22.3 Å². The Labute approximate surface area is 268 Å². The molecule has 0 saturated carbocycles. The average molecular weight is 651 g/mol. The number of hydrogen-bond donors (Lipinski definition) is 0. The van der Waals surface area contributed by atoms with E-state index in [0.717, 1.165) is 43.0 Å². The lowest BCUT2D eigenvalue weighted by Gasteiger charge is -2.38. The SMILES string of the molecule is CC1(C)c2cccc(P(c3ccc(F)cc3)c3ccc(F)cc3)c2Oc2c(P(c3ccc(F)cc3)c3ccc(F)cc3)cccc21. The lowest BCUT2D eigenvalue weighted by atomic mass is 9.76. The quantitative estimate of drug-likeness (QED) is 0.131. The van der Waals surface area contributed by atoms with Crippen LogP contribution >= 0.6 is 15.8 Å². The second kappa shape index (κ2) is 12.1. The van der Waals surface area contributed by atoms with Gasteiger partial charge >= 0.3 is 0 Å². The van der Waals surface area contributed by atoms with Gasteiger partial charge in [0.25, 0.3) is 0 Å². The molecule has 228 valence electrons. The summed E-state index contributed by atoms with van der Waals surface area (Å²) in [6.45, 7) is 4.33. The minimum Gasteiger partial charge on any atom is -0.455 e. The number of ether oxygens (including phenoxy) is 1. The first-order valence-corrected chi connectivity index (χ1v) is 17.5. The molecule has 0 amide bonds. The average Bonchev–Trinajstić information content (AvgIpc) is 3.05. The van der Waals surface area contributed by atoms with Crippen LogP contribution in [-0.2, 0) is 5.41 Å². The highest BCUT2D eigenvalue weighted by atomic mass is 31.1. The number of fused-ring (bicyclic) bond motifs is 2. The smallest absolute Gasteiger partial charge is 0.139 e. The zero-order valence-electron chi connectivity index (χ0n) is 25.0. The Balaban J connectivity index is 1.44. The van der Waals surface area contributed by atoms with Crippen LogP contribution in [0.3, 0.4) is 0 Å². The highest BCUT2D eigenvalue weighted by Crippen LogP contribution is 2.52. The highest BCUT2D eigenvalue weighted by Gasteiger charge is 2.39. The van der Waals surface area contributed by atoms with Gasteiger partial charge in [-0.1, -0.05) is 98.8 Å². The van der Waals surface area contributed by atoms with Gasteiger partial charge in [-0.3, -0.25) is 0 Å². The third kappa shape index (κ3) is 5.53. The van der Waals surface area contributed by atoms with Gasteiger partial charge in [0.15, 0.2) is 0 Å². The molecule has 0 radical (unpaired) electrons. The minimum atomic E-state index is -1.27. The summed E-state index contributed by atoms with van der Waals surface area (Å²) in [6.07, 6.45) is 0. The van der Waals surface area contributed by atoms with Crippen LogP contribution in [0, 0.1) is 23.3 Å². The van der Waals surface area contributed by atoms with Crippen LogP contribution in [0.15, 0.2) is 133 Å². The van der Waals surface area contributed by atoms with E-state index in [0.29, 0.717) is 11.5 Å². The summed E-state index contributed by atoms with van der Waals surface area (Å²) >= 11 is 0. The molecule has 6 aromatic rings. The minimum absolute atomic E-state index is 0.334. The van der Waals surface area contributed by atoms with Crippen LogP contribution in [0.2, 0.25) is 0 Å². The van der Waals surface area contributed by atoms with Crippen molar-refractivity contribution in [2.24, 2.45) is 0 Å². The van der Waals surface area contributed by atoms with Gasteiger partial charge in [-0.15, -0.1) is 0 Å². The Hall–Kier alpha value is -4.30. The molecule has 0 aliphatic carbocycles. The van der Waals surface area contributed by atoms with E-state index < -0.39 is 21.3 Å². The molecule has 1 aliphatic rings. The summed E-state index contributed by atoms with van der Waals surface area (Å²) in [5, 5.41) is 5.45. The van der Waals surface area contributed by atoms with Crippen molar-refractivity contribution in [2.75, 3.05) is 0 Å². The van der Waals surface area contributed by atoms with Crippen molar-refractivity contribution in [3.63, 3.8) is 0 Å². The van der Waals surface area contributed by atoms with Gasteiger partial charge in [-0.05, 0) is 85.6 Å². The predicted octanol–water partition coefficient (Wildman–Crippen LogP) is 8.19. The molecule has 0 bridgehead atoms. The molecule has 1 heterocycles. The fraction of sp³-hybridized carbons (Fsp3) is 0.0769. The number of halogens is 4. The second-order valence-corrected chi connectivity index (χ2v) is 16.0. The van der Waals surface area contributed by atoms with Gasteiger partial charge in [0.1, 0.15) is 34.8 Å². The molecule has 0 atom stereocenters. The third-order valence-corrected chi connectivity index (χ3v) is 13.3. The van der Waals surface area contributed by atoms with Crippen molar-refractivity contribution in [1.82, 2.24) is 0 Å². The topological polar surface area (TPSA) is 9.23 Å². The molecule has 0 N–H and O–H groups in total. The molecular weight excluding hydrogens is 622 g/mol. The van der Waals surface area contributed by atoms with Crippen molar-refractivity contribution in [2.45, 2.75) is 19.3 Å². The molecule has 0 unspecified atom stereocenters. The Morgan fingerprint density at radius 2 is 0.696 bits per heavy atom. The third-order valence-electron chi connectivity index (χ3n) is 8.36. The van der Waals surface area contributed by atoms with Crippen molar-refractivity contribution >= 4 is 47.7 Å². The van der Waals surface area contributed by atoms with Crippen molar-refractivity contribution in [3.8, 4) is 11.5 Å². The molecule has 46 heavy (non-hydrogen) atoms. The van der Waals surface area contributed by atoms with E-state index in [-0.39, 0.29) is 23.3 Å². The summed E-state index contributed by atoms with van der Waals surface area (Å²) in [6, 6.07) is 38.0. The first-order valence-electron chi connectivity index (χ1n) is 14.8. The molecule has 6 aromatic carbocycles. The molecule has 0 saturated heterocycles. The van der Waals surface area contributed by atoms with Crippen LogP contribution in [0.1, 0.15) is 25.0 Å². The summed E-state index contributed by atoms with van der Waals surface area (Å²) in [5.41, 5.74) is 1.52. The first-order chi connectivity index (χ1) is 22.2. The fourth-order valence-corrected chi connectivity index (χ4v) is 10.8. The summed E-state index contributed by atoms with van der Waals surface area (Å²) in [4.78, 5) is 0. The van der Waals surface area contributed by atoms with E-state index in [9.17, 15) is 17.6 Å². The van der Waals surface area contributed by atoms with Gasteiger partial charge in [0.05, 0.1) is 0 Å². The van der Waals surface area contributed by atoms with E-state index >= 15 is 0 Å². The molecule has 7 rings (SSSR count). The lowest BCUT2D eigenvalue weighted by molar-refractivity contribution is 0.425. The standard InChI is InChI=1S/C39H28F4OP2/c1-39(2)33-5-3-7-35(45(29-17-9-25(40)10-18-29)30-19-11-26(41)12-20-30)37(33)44-38-34(39)6-4-8-36(38)46(31-21-13-27(42)14-22-31)32-23-15-28(43)16-24-32/h3-24H,1-2H3. The Bertz CT molecular complexity index is 1790. The fourth-order valence-electron chi connectivity index (χ4n) is 6.06. The van der Waals surface area contributed by atoms with Gasteiger partial charge in [0, 0.05) is 27.2 Å². The monoisotopic (exact) mass is 650 g/mol. The number of benzene rings is 6. The van der Waals surface area contributed by atoms with E-state index in [1.165, 1.54) is 48.5 Å². The van der Waals surface area contributed by atoms with Crippen LogP contribution in [0.25, 0.3) is 0 Å². The molecule has 0 aromatic heterocycles. The maximum absolute atomic E-state index is 14.1. The molecule has 1 aliphatic heterocycles. The Morgan fingerprint density at radius 1 is 0.413 bits per heavy atom. The molecule has 1 nitrogen and oxygen atoms in total.